The van der Waals surface area contributed by atoms with E-state index in [-0.39, 0.29) is 12.4 Å². The summed E-state index contributed by atoms with van der Waals surface area (Å²) in [6.45, 7) is 3.45. The first-order chi connectivity index (χ1) is 7.73. The molecule has 0 saturated heterocycles. The molecule has 0 atom stereocenters. The molecule has 1 aromatic rings. The van der Waals surface area contributed by atoms with Gasteiger partial charge in [-0.15, -0.1) is 13.2 Å². The molecule has 1 N–H and O–H groups in total. The van der Waals surface area contributed by atoms with Crippen molar-refractivity contribution in [3.05, 3.63) is 29.8 Å². The van der Waals surface area contributed by atoms with Gasteiger partial charge >= 0.3 is 6.36 Å². The fourth-order valence-electron chi connectivity index (χ4n) is 1.45. The standard InChI is InChI=1S/C12H15F3O2/c1-11(2,8-16)7-9-5-3-4-6-10(9)17-12(13,14)15/h3-6,16H,7-8H2,1-2H3. The lowest BCUT2D eigenvalue weighted by molar-refractivity contribution is -0.275. The van der Waals surface area contributed by atoms with Crippen LogP contribution in [-0.2, 0) is 6.42 Å². The highest BCUT2D eigenvalue weighted by Crippen LogP contribution is 2.30. The summed E-state index contributed by atoms with van der Waals surface area (Å²) in [7, 11) is 0. The molecule has 1 rings (SSSR count). The molecule has 0 radical (unpaired) electrons. The summed E-state index contributed by atoms with van der Waals surface area (Å²) < 4.78 is 40.4. The molecule has 17 heavy (non-hydrogen) atoms. The van der Waals surface area contributed by atoms with Gasteiger partial charge < -0.3 is 9.84 Å². The maximum Gasteiger partial charge on any atom is 0.573 e. The van der Waals surface area contributed by atoms with Crippen molar-refractivity contribution in [1.82, 2.24) is 0 Å². The van der Waals surface area contributed by atoms with Gasteiger partial charge in [0.05, 0.1) is 0 Å². The summed E-state index contributed by atoms with van der Waals surface area (Å²) in [5.41, 5.74) is -0.0469. The lowest BCUT2D eigenvalue weighted by atomic mass is 9.86. The first-order valence-corrected chi connectivity index (χ1v) is 5.18. The number of rotatable bonds is 4. The number of aliphatic hydroxyl groups is 1. The molecule has 2 nitrogen and oxygen atoms in total. The van der Waals surface area contributed by atoms with E-state index in [1.807, 2.05) is 0 Å². The Morgan fingerprint density at radius 2 is 1.76 bits per heavy atom. The van der Waals surface area contributed by atoms with Gasteiger partial charge in [0.2, 0.25) is 0 Å². The van der Waals surface area contributed by atoms with E-state index in [9.17, 15) is 13.2 Å². The number of benzene rings is 1. The smallest absolute Gasteiger partial charge is 0.406 e. The lowest BCUT2D eigenvalue weighted by Crippen LogP contribution is -2.22. The number of hydrogen-bond donors (Lipinski definition) is 1. The summed E-state index contributed by atoms with van der Waals surface area (Å²) in [6, 6.07) is 5.97. The van der Waals surface area contributed by atoms with Gasteiger partial charge in [-0.2, -0.15) is 0 Å². The average molecular weight is 248 g/mol. The van der Waals surface area contributed by atoms with Crippen LogP contribution in [0.3, 0.4) is 0 Å². The number of hydrogen-bond acceptors (Lipinski definition) is 2. The van der Waals surface area contributed by atoms with Crippen molar-refractivity contribution in [2.45, 2.75) is 26.6 Å². The Morgan fingerprint density at radius 1 is 1.18 bits per heavy atom. The maximum absolute atomic E-state index is 12.2. The third kappa shape index (κ3) is 4.65. The quantitative estimate of drug-likeness (QED) is 0.887. The molecule has 0 spiro atoms. The van der Waals surface area contributed by atoms with Crippen LogP contribution < -0.4 is 4.74 Å². The molecule has 5 heteroatoms. The van der Waals surface area contributed by atoms with Gasteiger partial charge in [0.25, 0.3) is 0 Å². The molecule has 0 amide bonds. The van der Waals surface area contributed by atoms with E-state index in [1.54, 1.807) is 26.0 Å². The second-order valence-electron chi connectivity index (χ2n) is 4.65. The monoisotopic (exact) mass is 248 g/mol. The normalized spacial score (nSPS) is 12.6. The van der Waals surface area contributed by atoms with Gasteiger partial charge in [0.15, 0.2) is 0 Å². The molecule has 0 aromatic heterocycles. The fraction of sp³-hybridized carbons (Fsp3) is 0.500. The average Bonchev–Trinajstić information content (AvgIpc) is 2.19. The number of para-hydroxylation sites is 1. The minimum absolute atomic E-state index is 0.104. The molecule has 0 fully saturated rings. The van der Waals surface area contributed by atoms with Crippen LogP contribution in [0.15, 0.2) is 24.3 Å². The summed E-state index contributed by atoms with van der Waals surface area (Å²) in [5.74, 6) is -0.207. The van der Waals surface area contributed by atoms with Crippen LogP contribution in [0.1, 0.15) is 19.4 Å². The highest BCUT2D eigenvalue weighted by Gasteiger charge is 2.32. The Morgan fingerprint density at radius 3 is 2.29 bits per heavy atom. The molecule has 0 saturated carbocycles. The molecule has 96 valence electrons. The van der Waals surface area contributed by atoms with Crippen molar-refractivity contribution in [3.8, 4) is 5.75 Å². The maximum atomic E-state index is 12.2. The summed E-state index contributed by atoms with van der Waals surface area (Å²) in [5, 5.41) is 9.12. The van der Waals surface area contributed by atoms with Crippen molar-refractivity contribution in [1.29, 1.82) is 0 Å². The Bertz CT molecular complexity index is 372. The molecule has 0 bridgehead atoms. The van der Waals surface area contributed by atoms with Crippen LogP contribution in [0, 0.1) is 5.41 Å². The van der Waals surface area contributed by atoms with E-state index >= 15 is 0 Å². The molecule has 0 heterocycles. The van der Waals surface area contributed by atoms with E-state index in [0.717, 1.165) is 0 Å². The van der Waals surface area contributed by atoms with E-state index in [4.69, 9.17) is 5.11 Å². The molecule has 0 aliphatic carbocycles. The number of alkyl halides is 3. The molecular formula is C12H15F3O2. The molecular weight excluding hydrogens is 233 g/mol. The molecule has 0 aliphatic heterocycles. The summed E-state index contributed by atoms with van der Waals surface area (Å²) >= 11 is 0. The minimum Gasteiger partial charge on any atom is -0.406 e. The van der Waals surface area contributed by atoms with Crippen LogP contribution in [0.4, 0.5) is 13.2 Å². The summed E-state index contributed by atoms with van der Waals surface area (Å²) in [4.78, 5) is 0. The predicted molar refractivity (Wildman–Crippen MR) is 57.7 cm³/mol. The Balaban J connectivity index is 2.92. The zero-order valence-electron chi connectivity index (χ0n) is 9.71. The fourth-order valence-corrected chi connectivity index (χ4v) is 1.45. The van der Waals surface area contributed by atoms with Gasteiger partial charge in [-0.1, -0.05) is 32.0 Å². The molecule has 0 unspecified atom stereocenters. The van der Waals surface area contributed by atoms with Crippen LogP contribution in [0.5, 0.6) is 5.75 Å². The van der Waals surface area contributed by atoms with Crippen molar-refractivity contribution < 1.29 is 23.0 Å². The van der Waals surface area contributed by atoms with Crippen LogP contribution in [-0.4, -0.2) is 18.1 Å². The Hall–Kier alpha value is -1.23. The zero-order chi connectivity index (χ0) is 13.1. The van der Waals surface area contributed by atoms with Gasteiger partial charge in [-0.25, -0.2) is 0 Å². The van der Waals surface area contributed by atoms with E-state index in [1.165, 1.54) is 12.1 Å². The van der Waals surface area contributed by atoms with Gasteiger partial charge in [-0.3, -0.25) is 0 Å². The van der Waals surface area contributed by atoms with Crippen molar-refractivity contribution in [2.24, 2.45) is 5.41 Å². The van der Waals surface area contributed by atoms with Gasteiger partial charge in [0, 0.05) is 6.61 Å². The largest absolute Gasteiger partial charge is 0.573 e. The van der Waals surface area contributed by atoms with Crippen molar-refractivity contribution in [3.63, 3.8) is 0 Å². The van der Waals surface area contributed by atoms with Crippen LogP contribution in [0.25, 0.3) is 0 Å². The zero-order valence-corrected chi connectivity index (χ0v) is 9.71. The van der Waals surface area contributed by atoms with E-state index < -0.39 is 11.8 Å². The van der Waals surface area contributed by atoms with Gasteiger partial charge in [0.1, 0.15) is 5.75 Å². The van der Waals surface area contributed by atoms with E-state index in [0.29, 0.717) is 12.0 Å². The first kappa shape index (κ1) is 13.8. The highest BCUT2D eigenvalue weighted by molar-refractivity contribution is 5.34. The van der Waals surface area contributed by atoms with Crippen molar-refractivity contribution in [2.75, 3.05) is 6.61 Å². The third-order valence-electron chi connectivity index (χ3n) is 2.30. The highest BCUT2D eigenvalue weighted by atomic mass is 19.4. The van der Waals surface area contributed by atoms with Crippen LogP contribution >= 0.6 is 0 Å². The lowest BCUT2D eigenvalue weighted by Gasteiger charge is -2.23. The SMILES string of the molecule is CC(C)(CO)Cc1ccccc1OC(F)(F)F. The van der Waals surface area contributed by atoms with Crippen molar-refractivity contribution >= 4 is 0 Å². The first-order valence-electron chi connectivity index (χ1n) is 5.18. The number of halogens is 3. The second kappa shape index (κ2) is 4.96. The topological polar surface area (TPSA) is 29.5 Å². The van der Waals surface area contributed by atoms with E-state index in [2.05, 4.69) is 4.74 Å². The third-order valence-corrected chi connectivity index (χ3v) is 2.30. The molecule has 1 aromatic carbocycles. The van der Waals surface area contributed by atoms with Crippen LogP contribution in [0.2, 0.25) is 0 Å². The number of aliphatic hydroxyl groups excluding tert-OH is 1. The second-order valence-corrected chi connectivity index (χ2v) is 4.65. The predicted octanol–water partition coefficient (Wildman–Crippen LogP) is 3.15. The minimum atomic E-state index is -4.69. The summed E-state index contributed by atoms with van der Waals surface area (Å²) in [6.07, 6.45) is -4.38. The van der Waals surface area contributed by atoms with Gasteiger partial charge in [-0.05, 0) is 23.5 Å². The molecule has 0 aliphatic rings. The Labute approximate surface area is 98.0 Å². The Kier molecular flexibility index (Phi) is 4.03. The number of ether oxygens (including phenoxy) is 1.